The highest BCUT2D eigenvalue weighted by Crippen LogP contribution is 2.31. The Morgan fingerprint density at radius 3 is 2.42 bits per heavy atom. The van der Waals surface area contributed by atoms with Crippen molar-refractivity contribution in [1.29, 1.82) is 0 Å². The van der Waals surface area contributed by atoms with Crippen LogP contribution in [0, 0.1) is 0 Å². The largest absolute Gasteiger partial charge is 0.573 e. The van der Waals surface area contributed by atoms with Gasteiger partial charge >= 0.3 is 6.36 Å². The van der Waals surface area contributed by atoms with Gasteiger partial charge in [-0.15, -0.1) is 13.2 Å². The third-order valence-corrected chi connectivity index (χ3v) is 6.77. The SMILES string of the molecule is O=S(=O)(c1ccc(OC(F)(F)F)cc1)N1CCC(c2nc(-c3cccnc3)no2)CC1. The lowest BCUT2D eigenvalue weighted by atomic mass is 9.98. The highest BCUT2D eigenvalue weighted by atomic mass is 32.2. The van der Waals surface area contributed by atoms with Crippen molar-refractivity contribution in [2.75, 3.05) is 13.1 Å². The molecule has 31 heavy (non-hydrogen) atoms. The van der Waals surface area contributed by atoms with E-state index in [1.54, 1.807) is 18.5 Å². The van der Waals surface area contributed by atoms with Crippen LogP contribution in [0.5, 0.6) is 5.75 Å². The van der Waals surface area contributed by atoms with E-state index in [2.05, 4.69) is 19.9 Å². The maximum atomic E-state index is 12.8. The number of hydrogen-bond donors (Lipinski definition) is 0. The van der Waals surface area contributed by atoms with Crippen molar-refractivity contribution < 1.29 is 30.8 Å². The fourth-order valence-electron chi connectivity index (χ4n) is 3.32. The molecule has 0 N–H and O–H groups in total. The third kappa shape index (κ3) is 4.85. The van der Waals surface area contributed by atoms with Gasteiger partial charge in [-0.3, -0.25) is 4.98 Å². The van der Waals surface area contributed by atoms with E-state index in [9.17, 15) is 21.6 Å². The molecule has 3 aromatic rings. The number of piperidine rings is 1. The van der Waals surface area contributed by atoms with Gasteiger partial charge in [0, 0.05) is 37.0 Å². The molecule has 0 atom stereocenters. The van der Waals surface area contributed by atoms with Gasteiger partial charge in [0.15, 0.2) is 0 Å². The lowest BCUT2D eigenvalue weighted by Gasteiger charge is -2.29. The van der Waals surface area contributed by atoms with E-state index in [1.807, 2.05) is 6.07 Å². The zero-order valence-electron chi connectivity index (χ0n) is 16.0. The highest BCUT2D eigenvalue weighted by Gasteiger charge is 2.33. The molecule has 3 heterocycles. The van der Waals surface area contributed by atoms with Gasteiger partial charge in [0.2, 0.25) is 21.7 Å². The molecule has 1 aliphatic heterocycles. The van der Waals surface area contributed by atoms with Crippen LogP contribution in [0.4, 0.5) is 13.2 Å². The third-order valence-electron chi connectivity index (χ3n) is 4.86. The number of sulfonamides is 1. The van der Waals surface area contributed by atoms with Crippen LogP contribution in [0.1, 0.15) is 24.7 Å². The molecular weight excluding hydrogens is 437 g/mol. The van der Waals surface area contributed by atoms with Gasteiger partial charge in [0.05, 0.1) is 4.90 Å². The zero-order valence-corrected chi connectivity index (χ0v) is 16.8. The first-order valence-electron chi connectivity index (χ1n) is 9.32. The summed E-state index contributed by atoms with van der Waals surface area (Å²) in [5.74, 6) is 0.279. The highest BCUT2D eigenvalue weighted by molar-refractivity contribution is 7.89. The van der Waals surface area contributed by atoms with E-state index in [4.69, 9.17) is 4.52 Å². The molecule has 0 amide bonds. The first-order chi connectivity index (χ1) is 14.7. The van der Waals surface area contributed by atoms with Crippen LogP contribution < -0.4 is 4.74 Å². The summed E-state index contributed by atoms with van der Waals surface area (Å²) in [5.41, 5.74) is 0.718. The second-order valence-corrected chi connectivity index (χ2v) is 8.83. The van der Waals surface area contributed by atoms with E-state index in [-0.39, 0.29) is 23.9 Å². The van der Waals surface area contributed by atoms with E-state index in [1.165, 1.54) is 4.31 Å². The first-order valence-corrected chi connectivity index (χ1v) is 10.8. The van der Waals surface area contributed by atoms with Crippen LogP contribution in [0.2, 0.25) is 0 Å². The monoisotopic (exact) mass is 454 g/mol. The van der Waals surface area contributed by atoms with E-state index < -0.39 is 22.1 Å². The Labute approximate surface area is 175 Å². The molecule has 0 radical (unpaired) electrons. The Bertz CT molecular complexity index is 1130. The number of rotatable bonds is 5. The molecule has 4 rings (SSSR count). The van der Waals surface area contributed by atoms with Crippen LogP contribution in [-0.4, -0.2) is 47.3 Å². The minimum absolute atomic E-state index is 0.0908. The maximum absolute atomic E-state index is 12.8. The number of ether oxygens (including phenoxy) is 1. The van der Waals surface area contributed by atoms with Gasteiger partial charge < -0.3 is 9.26 Å². The minimum atomic E-state index is -4.84. The predicted molar refractivity (Wildman–Crippen MR) is 101 cm³/mol. The number of nitrogens with zero attached hydrogens (tertiary/aromatic N) is 4. The average molecular weight is 454 g/mol. The van der Waals surface area contributed by atoms with Crippen LogP contribution in [0.15, 0.2) is 58.2 Å². The van der Waals surface area contributed by atoms with Gasteiger partial charge in [-0.1, -0.05) is 5.16 Å². The summed E-state index contributed by atoms with van der Waals surface area (Å²) in [4.78, 5) is 8.31. The van der Waals surface area contributed by atoms with Gasteiger partial charge in [-0.25, -0.2) is 8.42 Å². The van der Waals surface area contributed by atoms with Crippen molar-refractivity contribution in [1.82, 2.24) is 19.4 Å². The molecule has 0 aliphatic carbocycles. The molecule has 8 nitrogen and oxygen atoms in total. The molecular formula is C19H17F3N4O4S. The summed E-state index contributed by atoms with van der Waals surface area (Å²) >= 11 is 0. The topological polar surface area (TPSA) is 98.4 Å². The Morgan fingerprint density at radius 2 is 1.81 bits per heavy atom. The fourth-order valence-corrected chi connectivity index (χ4v) is 4.79. The van der Waals surface area contributed by atoms with E-state index >= 15 is 0 Å². The van der Waals surface area contributed by atoms with Crippen molar-refractivity contribution in [2.45, 2.75) is 30.0 Å². The Balaban J connectivity index is 1.41. The summed E-state index contributed by atoms with van der Waals surface area (Å²) in [6, 6.07) is 7.72. The molecule has 0 saturated carbocycles. The average Bonchev–Trinajstić information content (AvgIpc) is 3.24. The summed E-state index contributed by atoms with van der Waals surface area (Å²) < 4.78 is 72.9. The number of pyridine rings is 1. The predicted octanol–water partition coefficient (Wildman–Crippen LogP) is 3.60. The fraction of sp³-hybridized carbons (Fsp3) is 0.316. The quantitative estimate of drug-likeness (QED) is 0.581. The molecule has 1 aliphatic rings. The molecule has 164 valence electrons. The zero-order chi connectivity index (χ0) is 22.1. The number of hydrogen-bond acceptors (Lipinski definition) is 7. The Hall–Kier alpha value is -2.99. The standard InChI is InChI=1S/C19H17F3N4O4S/c20-19(21,22)29-15-3-5-16(6-4-15)31(27,28)26-10-7-13(8-11-26)18-24-17(25-30-18)14-2-1-9-23-12-14/h1-6,9,12-13H,7-8,10-11H2. The van der Waals surface area contributed by atoms with E-state index in [0.29, 0.717) is 24.6 Å². The van der Waals surface area contributed by atoms with E-state index in [0.717, 1.165) is 29.8 Å². The second-order valence-electron chi connectivity index (χ2n) is 6.90. The summed E-state index contributed by atoms with van der Waals surface area (Å²) in [6.07, 6.45) is -0.632. The summed E-state index contributed by atoms with van der Waals surface area (Å²) in [7, 11) is -3.84. The number of alkyl halides is 3. The van der Waals surface area contributed by atoms with Crippen LogP contribution in [-0.2, 0) is 10.0 Å². The van der Waals surface area contributed by atoms with Crippen LogP contribution >= 0.6 is 0 Å². The first kappa shape index (κ1) is 21.2. The van der Waals surface area contributed by atoms with Crippen molar-refractivity contribution >= 4 is 10.0 Å². The van der Waals surface area contributed by atoms with Crippen LogP contribution in [0.25, 0.3) is 11.4 Å². The Morgan fingerprint density at radius 1 is 1.10 bits per heavy atom. The van der Waals surface area contributed by atoms with Crippen molar-refractivity contribution in [2.24, 2.45) is 0 Å². The number of aromatic nitrogens is 3. The van der Waals surface area contributed by atoms with Gasteiger partial charge in [0.25, 0.3) is 0 Å². The van der Waals surface area contributed by atoms with Crippen molar-refractivity contribution in [3.05, 3.63) is 54.7 Å². The van der Waals surface area contributed by atoms with Crippen LogP contribution in [0.3, 0.4) is 0 Å². The molecule has 0 bridgehead atoms. The molecule has 1 aromatic carbocycles. The second kappa shape index (κ2) is 8.27. The smallest absolute Gasteiger partial charge is 0.406 e. The Kier molecular flexibility index (Phi) is 5.67. The van der Waals surface area contributed by atoms with Gasteiger partial charge in [-0.05, 0) is 49.2 Å². The molecule has 12 heteroatoms. The summed E-state index contributed by atoms with van der Waals surface area (Å²) in [5, 5.41) is 3.96. The lowest BCUT2D eigenvalue weighted by molar-refractivity contribution is -0.274. The molecule has 2 aromatic heterocycles. The van der Waals surface area contributed by atoms with Gasteiger partial charge in [0.1, 0.15) is 5.75 Å². The number of benzene rings is 1. The molecule has 0 unspecified atom stereocenters. The lowest BCUT2D eigenvalue weighted by Crippen LogP contribution is -2.37. The maximum Gasteiger partial charge on any atom is 0.573 e. The summed E-state index contributed by atoms with van der Waals surface area (Å²) in [6.45, 7) is 0.441. The normalized spacial score (nSPS) is 16.4. The minimum Gasteiger partial charge on any atom is -0.406 e. The molecule has 0 spiro atoms. The van der Waals surface area contributed by atoms with Crippen molar-refractivity contribution in [3.8, 4) is 17.1 Å². The number of halogens is 3. The van der Waals surface area contributed by atoms with Gasteiger partial charge in [-0.2, -0.15) is 9.29 Å². The van der Waals surface area contributed by atoms with Crippen molar-refractivity contribution in [3.63, 3.8) is 0 Å². The molecule has 1 saturated heterocycles. The molecule has 1 fully saturated rings.